The first-order valence-corrected chi connectivity index (χ1v) is 9.89. The van der Waals surface area contributed by atoms with Crippen molar-refractivity contribution in [2.75, 3.05) is 12.8 Å². The molecule has 1 fully saturated rings. The van der Waals surface area contributed by atoms with E-state index in [2.05, 4.69) is 10.3 Å². The van der Waals surface area contributed by atoms with E-state index in [4.69, 9.17) is 0 Å². The van der Waals surface area contributed by atoms with E-state index in [0.717, 1.165) is 23.4 Å². The van der Waals surface area contributed by atoms with E-state index in [-0.39, 0.29) is 11.5 Å². The minimum absolute atomic E-state index is 0.0457. The number of nitrogens with zero attached hydrogens (tertiary/aromatic N) is 2. The first-order valence-electron chi connectivity index (χ1n) is 8.66. The highest BCUT2D eigenvalue weighted by Gasteiger charge is 2.19. The Morgan fingerprint density at radius 3 is 2.80 bits per heavy atom. The van der Waals surface area contributed by atoms with Crippen molar-refractivity contribution in [3.63, 3.8) is 0 Å². The molecule has 0 radical (unpaired) electrons. The van der Waals surface area contributed by atoms with Crippen LogP contribution in [0.3, 0.4) is 0 Å². The van der Waals surface area contributed by atoms with Gasteiger partial charge in [0.2, 0.25) is 0 Å². The molecule has 1 N–H and O–H groups in total. The van der Waals surface area contributed by atoms with Crippen molar-refractivity contribution >= 4 is 17.7 Å². The van der Waals surface area contributed by atoms with Crippen LogP contribution in [0.5, 0.6) is 0 Å². The zero-order valence-corrected chi connectivity index (χ0v) is 15.2. The minimum Gasteiger partial charge on any atom is -0.350 e. The first-order chi connectivity index (χ1) is 12.2. The molecule has 6 heteroatoms. The highest BCUT2D eigenvalue weighted by molar-refractivity contribution is 7.98. The van der Waals surface area contributed by atoms with Gasteiger partial charge in [-0.05, 0) is 31.2 Å². The molecule has 0 saturated heterocycles. The average Bonchev–Trinajstić information content (AvgIpc) is 3.17. The number of carbonyl (C=O) groups is 1. The fourth-order valence-corrected chi connectivity index (χ4v) is 3.87. The summed E-state index contributed by atoms with van der Waals surface area (Å²) in [5, 5.41) is 2.88. The Balaban J connectivity index is 1.58. The van der Waals surface area contributed by atoms with Crippen molar-refractivity contribution in [3.05, 3.63) is 58.3 Å². The fourth-order valence-electron chi connectivity index (χ4n) is 3.27. The summed E-state index contributed by atoms with van der Waals surface area (Å²) in [6.45, 7) is 0.815. The molecule has 0 unspecified atom stereocenters. The van der Waals surface area contributed by atoms with Crippen molar-refractivity contribution in [1.29, 1.82) is 0 Å². The van der Waals surface area contributed by atoms with Crippen LogP contribution in [0.25, 0.3) is 0 Å². The van der Waals surface area contributed by atoms with Gasteiger partial charge >= 0.3 is 0 Å². The van der Waals surface area contributed by atoms with E-state index in [1.807, 2.05) is 30.5 Å². The molecule has 132 valence electrons. The summed E-state index contributed by atoms with van der Waals surface area (Å²) in [6, 6.07) is 9.16. The molecule has 0 spiro atoms. The lowest BCUT2D eigenvalue weighted by Gasteiger charge is -2.11. The van der Waals surface area contributed by atoms with Crippen LogP contribution < -0.4 is 10.9 Å². The maximum atomic E-state index is 12.3. The van der Waals surface area contributed by atoms with Crippen LogP contribution in [0, 0.1) is 0 Å². The number of amides is 1. The number of carbonyl (C=O) groups excluding carboxylic acids is 1. The molecule has 0 atom stereocenters. The van der Waals surface area contributed by atoms with Crippen molar-refractivity contribution in [2.45, 2.75) is 43.0 Å². The molecule has 2 aromatic rings. The van der Waals surface area contributed by atoms with Crippen molar-refractivity contribution in [3.8, 4) is 0 Å². The maximum absolute atomic E-state index is 12.3. The van der Waals surface area contributed by atoms with E-state index in [0.29, 0.717) is 24.6 Å². The number of aromatic nitrogens is 2. The molecule has 3 rings (SSSR count). The average molecular weight is 357 g/mol. The quantitative estimate of drug-likeness (QED) is 0.807. The van der Waals surface area contributed by atoms with Gasteiger partial charge in [0, 0.05) is 30.0 Å². The zero-order valence-electron chi connectivity index (χ0n) is 14.4. The van der Waals surface area contributed by atoms with Gasteiger partial charge in [0.05, 0.1) is 17.6 Å². The van der Waals surface area contributed by atoms with E-state index < -0.39 is 0 Å². The Labute approximate surface area is 151 Å². The van der Waals surface area contributed by atoms with Crippen LogP contribution in [-0.4, -0.2) is 28.3 Å². The van der Waals surface area contributed by atoms with Gasteiger partial charge in [0.15, 0.2) is 0 Å². The molecule has 1 heterocycles. The van der Waals surface area contributed by atoms with E-state index in [9.17, 15) is 9.59 Å². The summed E-state index contributed by atoms with van der Waals surface area (Å²) in [6.07, 6.45) is 8.25. The molecule has 1 aliphatic rings. The number of hydrogen-bond acceptors (Lipinski definition) is 4. The number of thioether (sulfide) groups is 1. The third-order valence-corrected chi connectivity index (χ3v) is 5.46. The summed E-state index contributed by atoms with van der Waals surface area (Å²) in [7, 11) is 0. The van der Waals surface area contributed by atoms with Crippen LogP contribution in [0.1, 0.15) is 47.7 Å². The Kier molecular flexibility index (Phi) is 5.91. The molecule has 1 amide bonds. The second-order valence-electron chi connectivity index (χ2n) is 6.28. The number of benzene rings is 1. The smallest absolute Gasteiger partial charge is 0.253 e. The molecule has 1 aliphatic carbocycles. The Morgan fingerprint density at radius 2 is 2.08 bits per heavy atom. The number of nitrogens with one attached hydrogen (secondary N) is 1. The van der Waals surface area contributed by atoms with Crippen molar-refractivity contribution < 1.29 is 4.79 Å². The van der Waals surface area contributed by atoms with Crippen molar-refractivity contribution in [2.24, 2.45) is 0 Å². The molecule has 1 aromatic heterocycles. The molecule has 0 aliphatic heterocycles. The zero-order chi connectivity index (χ0) is 17.6. The third kappa shape index (κ3) is 4.31. The fraction of sp³-hybridized carbons (Fsp3) is 0.421. The molecule has 5 nitrogen and oxygen atoms in total. The Hall–Kier alpha value is -2.08. The Morgan fingerprint density at radius 1 is 1.32 bits per heavy atom. The predicted octanol–water partition coefficient (Wildman–Crippen LogP) is 3.05. The number of rotatable bonds is 6. The van der Waals surface area contributed by atoms with E-state index in [1.54, 1.807) is 28.7 Å². The topological polar surface area (TPSA) is 64.0 Å². The summed E-state index contributed by atoms with van der Waals surface area (Å²) in [5.41, 5.74) is 1.53. The van der Waals surface area contributed by atoms with Crippen LogP contribution in [-0.2, 0) is 6.54 Å². The second-order valence-corrected chi connectivity index (χ2v) is 7.13. The summed E-state index contributed by atoms with van der Waals surface area (Å²) in [4.78, 5) is 29.9. The lowest BCUT2D eigenvalue weighted by molar-refractivity contribution is 0.0949. The largest absolute Gasteiger partial charge is 0.350 e. The molecular weight excluding hydrogens is 334 g/mol. The summed E-state index contributed by atoms with van der Waals surface area (Å²) >= 11 is 1.54. The highest BCUT2D eigenvalue weighted by Crippen LogP contribution is 2.32. The van der Waals surface area contributed by atoms with Gasteiger partial charge in [-0.2, -0.15) is 0 Å². The van der Waals surface area contributed by atoms with Gasteiger partial charge in [-0.15, -0.1) is 11.8 Å². The summed E-state index contributed by atoms with van der Waals surface area (Å²) in [5.74, 6) is 0.318. The highest BCUT2D eigenvalue weighted by atomic mass is 32.2. The normalized spacial score (nSPS) is 14.6. The predicted molar refractivity (Wildman–Crippen MR) is 100 cm³/mol. The van der Waals surface area contributed by atoms with Gasteiger partial charge in [-0.1, -0.05) is 25.0 Å². The molecule has 0 bridgehead atoms. The van der Waals surface area contributed by atoms with E-state index in [1.165, 1.54) is 12.8 Å². The van der Waals surface area contributed by atoms with Crippen molar-refractivity contribution in [1.82, 2.24) is 14.9 Å². The standard InChI is InChI=1S/C19H23N3O2S/c1-25-17-9-5-4-8-15(17)19(24)20-10-11-22-13-21-16(12-18(22)23)14-6-2-3-7-14/h4-5,8-9,12-14H,2-3,6-7,10-11H2,1H3,(H,20,24). The van der Waals surface area contributed by atoms with Gasteiger partial charge < -0.3 is 5.32 Å². The lowest BCUT2D eigenvalue weighted by Crippen LogP contribution is -2.31. The molecular formula is C19H23N3O2S. The van der Waals surface area contributed by atoms with Crippen LogP contribution >= 0.6 is 11.8 Å². The SMILES string of the molecule is CSc1ccccc1C(=O)NCCn1cnc(C2CCCC2)cc1=O. The van der Waals surface area contributed by atoms with E-state index >= 15 is 0 Å². The second kappa shape index (κ2) is 8.34. The van der Waals surface area contributed by atoms with Crippen LogP contribution in [0.4, 0.5) is 0 Å². The van der Waals surface area contributed by atoms with Gasteiger partial charge in [-0.25, -0.2) is 4.98 Å². The Bertz CT molecular complexity index is 797. The van der Waals surface area contributed by atoms with Gasteiger partial charge in [0.1, 0.15) is 0 Å². The first kappa shape index (κ1) is 17.7. The molecule has 1 saturated carbocycles. The number of hydrogen-bond donors (Lipinski definition) is 1. The molecule has 1 aromatic carbocycles. The third-order valence-electron chi connectivity index (χ3n) is 4.66. The van der Waals surface area contributed by atoms with Crippen LogP contribution in [0.15, 0.2) is 46.3 Å². The van der Waals surface area contributed by atoms with Gasteiger partial charge in [-0.3, -0.25) is 14.2 Å². The minimum atomic E-state index is -0.117. The maximum Gasteiger partial charge on any atom is 0.253 e. The monoisotopic (exact) mass is 357 g/mol. The van der Waals surface area contributed by atoms with Crippen LogP contribution in [0.2, 0.25) is 0 Å². The van der Waals surface area contributed by atoms with Gasteiger partial charge in [0.25, 0.3) is 11.5 Å². The lowest BCUT2D eigenvalue weighted by atomic mass is 10.0. The molecule has 25 heavy (non-hydrogen) atoms. The summed E-state index contributed by atoms with van der Waals surface area (Å²) < 4.78 is 1.55.